The molecule has 0 spiro atoms. The number of ether oxygens (including phenoxy) is 1. The summed E-state index contributed by atoms with van der Waals surface area (Å²) in [6, 6.07) is 6.93. The highest BCUT2D eigenvalue weighted by molar-refractivity contribution is 5.39. The highest BCUT2D eigenvalue weighted by Gasteiger charge is 2.92. The zero-order valence-electron chi connectivity index (χ0n) is 12.6. The van der Waals surface area contributed by atoms with Crippen LogP contribution in [0.2, 0.25) is 0 Å². The minimum absolute atomic E-state index is 0.0567. The van der Waals surface area contributed by atoms with Crippen LogP contribution >= 0.6 is 0 Å². The number of nitrogens with one attached hydrogen (secondary N) is 1. The highest BCUT2D eigenvalue weighted by atomic mass is 16.6. The molecule has 1 N–H and O–H groups in total. The van der Waals surface area contributed by atoms with Crippen molar-refractivity contribution < 1.29 is 9.66 Å². The van der Waals surface area contributed by atoms with Crippen molar-refractivity contribution in [1.29, 1.82) is 0 Å². The summed E-state index contributed by atoms with van der Waals surface area (Å²) in [7, 11) is 0. The molecule has 118 valence electrons. The van der Waals surface area contributed by atoms with Gasteiger partial charge in [-0.1, -0.05) is 12.1 Å². The van der Waals surface area contributed by atoms with Crippen LogP contribution < -0.4 is 5.32 Å². The van der Waals surface area contributed by atoms with Gasteiger partial charge in [-0.25, -0.2) is 0 Å². The maximum absolute atomic E-state index is 10.8. The number of benzene rings is 1. The summed E-state index contributed by atoms with van der Waals surface area (Å²) in [6.45, 7) is 0.756. The summed E-state index contributed by atoms with van der Waals surface area (Å²) in [5.74, 6) is 7.05. The van der Waals surface area contributed by atoms with Gasteiger partial charge in [-0.3, -0.25) is 15.4 Å². The van der Waals surface area contributed by atoms with Gasteiger partial charge in [-0.05, 0) is 47.5 Å². The predicted molar refractivity (Wildman–Crippen MR) is 80.1 cm³/mol. The zero-order valence-corrected chi connectivity index (χ0v) is 12.6. The van der Waals surface area contributed by atoms with Crippen molar-refractivity contribution in [3.8, 4) is 0 Å². The molecule has 0 aromatic heterocycles. The molecule has 23 heavy (non-hydrogen) atoms. The van der Waals surface area contributed by atoms with Gasteiger partial charge in [0, 0.05) is 30.5 Å². The predicted octanol–water partition coefficient (Wildman–Crippen LogP) is 2.17. The number of hydrogen-bond acceptors (Lipinski definition) is 4. The normalized spacial score (nSPS) is 57.7. The van der Waals surface area contributed by atoms with Gasteiger partial charge in [-0.2, -0.15) is 0 Å². The van der Waals surface area contributed by atoms with Crippen LogP contribution in [0.25, 0.3) is 0 Å². The first-order valence-electron chi connectivity index (χ1n) is 8.87. The van der Waals surface area contributed by atoms with E-state index in [1.165, 1.54) is 6.42 Å². The lowest BCUT2D eigenvalue weighted by Crippen LogP contribution is -2.56. The first-order chi connectivity index (χ1) is 11.2. The largest absolute Gasteiger partial charge is 0.356 e. The minimum atomic E-state index is -0.342. The Labute approximate surface area is 133 Å². The van der Waals surface area contributed by atoms with Crippen LogP contribution in [0.15, 0.2) is 24.3 Å². The van der Waals surface area contributed by atoms with E-state index < -0.39 is 0 Å². The van der Waals surface area contributed by atoms with E-state index in [0.717, 1.165) is 59.5 Å². The number of nitrogens with zero attached hydrogens (tertiary/aromatic N) is 1. The van der Waals surface area contributed by atoms with E-state index in [-0.39, 0.29) is 16.3 Å². The van der Waals surface area contributed by atoms with Gasteiger partial charge in [0.15, 0.2) is 0 Å². The number of non-ortho nitro benzene ring substituents is 1. The van der Waals surface area contributed by atoms with Crippen molar-refractivity contribution in [2.75, 3.05) is 0 Å². The van der Waals surface area contributed by atoms with Crippen LogP contribution in [0, 0.1) is 57.5 Å². The lowest BCUT2D eigenvalue weighted by Gasteiger charge is -2.46. The fourth-order valence-electron chi connectivity index (χ4n) is 8.27. The third kappa shape index (κ3) is 1.01. The van der Waals surface area contributed by atoms with Gasteiger partial charge in [0.1, 0.15) is 5.72 Å². The van der Waals surface area contributed by atoms with Crippen molar-refractivity contribution in [1.82, 2.24) is 5.32 Å². The maximum atomic E-state index is 10.8. The first-order valence-corrected chi connectivity index (χ1v) is 8.87. The van der Waals surface area contributed by atoms with Crippen molar-refractivity contribution in [3.05, 3.63) is 39.9 Å². The van der Waals surface area contributed by atoms with Gasteiger partial charge in [0.25, 0.3) is 5.69 Å². The average molecular weight is 310 g/mol. The Balaban J connectivity index is 1.19. The number of nitro groups is 1. The van der Waals surface area contributed by atoms with Crippen molar-refractivity contribution in [3.63, 3.8) is 0 Å². The van der Waals surface area contributed by atoms with Crippen LogP contribution in [-0.4, -0.2) is 16.8 Å². The summed E-state index contributed by atoms with van der Waals surface area (Å²) >= 11 is 0. The molecule has 0 unspecified atom stereocenters. The molecule has 5 saturated carbocycles. The third-order valence-electron chi connectivity index (χ3n) is 8.42. The standard InChI is InChI=1S/C18H18N2O3/c21-20(22)8-3-1-7(2-4-8)6-19-18-15-10-5-9-11-12(10)16(18)14(11)17(23-18)13(9)15/h1-4,9-17,19H,5-6H2/t9-,10+,11-,12+,13+,14+,15+,16+,17-,18+/m0/s1. The van der Waals surface area contributed by atoms with Crippen molar-refractivity contribution >= 4 is 5.69 Å². The number of nitro benzene ring substituents is 1. The monoisotopic (exact) mass is 310 g/mol. The van der Waals surface area contributed by atoms with E-state index in [2.05, 4.69) is 5.32 Å². The van der Waals surface area contributed by atoms with Gasteiger partial charge in [0.05, 0.1) is 11.0 Å². The highest BCUT2D eigenvalue weighted by Crippen LogP contribution is 2.89. The summed E-state index contributed by atoms with van der Waals surface area (Å²) in [5, 5.41) is 14.6. The van der Waals surface area contributed by atoms with E-state index >= 15 is 0 Å². The molecule has 2 saturated heterocycles. The lowest BCUT2D eigenvalue weighted by molar-refractivity contribution is -0.384. The fraction of sp³-hybridized carbons (Fsp3) is 0.667. The summed E-state index contributed by atoms with van der Waals surface area (Å²) in [5.41, 5.74) is 1.21. The van der Waals surface area contributed by atoms with Gasteiger partial charge >= 0.3 is 0 Å². The fourth-order valence-corrected chi connectivity index (χ4v) is 8.27. The second-order valence-electron chi connectivity index (χ2n) is 8.58. The lowest BCUT2D eigenvalue weighted by atomic mass is 9.59. The molecule has 8 rings (SSSR count). The van der Waals surface area contributed by atoms with E-state index in [1.54, 1.807) is 12.1 Å². The van der Waals surface area contributed by atoms with Crippen LogP contribution in [0.4, 0.5) is 5.69 Å². The molecule has 5 nitrogen and oxygen atoms in total. The van der Waals surface area contributed by atoms with Crippen molar-refractivity contribution in [2.45, 2.75) is 24.8 Å². The van der Waals surface area contributed by atoms with Gasteiger partial charge in [-0.15, -0.1) is 0 Å². The first kappa shape index (κ1) is 12.0. The Bertz CT molecular complexity index is 754. The molecule has 0 radical (unpaired) electrons. The van der Waals surface area contributed by atoms with Crippen LogP contribution in [0.3, 0.4) is 0 Å². The second-order valence-corrected chi connectivity index (χ2v) is 8.58. The molecule has 2 heterocycles. The smallest absolute Gasteiger partial charge is 0.269 e. The van der Waals surface area contributed by atoms with E-state index in [4.69, 9.17) is 4.74 Å². The summed E-state index contributed by atoms with van der Waals surface area (Å²) in [4.78, 5) is 10.4. The van der Waals surface area contributed by atoms with Gasteiger partial charge in [0.2, 0.25) is 0 Å². The maximum Gasteiger partial charge on any atom is 0.269 e. The molecule has 4 bridgehead atoms. The molecule has 2 aliphatic heterocycles. The molecule has 10 atom stereocenters. The molecule has 5 aliphatic carbocycles. The molecule has 7 fully saturated rings. The van der Waals surface area contributed by atoms with Crippen molar-refractivity contribution in [2.24, 2.45) is 47.3 Å². The second kappa shape index (κ2) is 3.33. The molecule has 7 aliphatic rings. The Kier molecular flexibility index (Phi) is 1.73. The number of hydrogen-bond donors (Lipinski definition) is 1. The van der Waals surface area contributed by atoms with E-state index in [1.807, 2.05) is 12.1 Å². The van der Waals surface area contributed by atoms with Crippen LogP contribution in [0.5, 0.6) is 0 Å². The molecule has 1 aromatic carbocycles. The SMILES string of the molecule is O=[N+]([O-])c1ccc(CN[C@]23O[C@@H]4[C@@H]5[C@H]6[C@@H]7C[C@H]([C@H]6[C@H]52)[C@@H]3[C@@H]74)cc1. The minimum Gasteiger partial charge on any atom is -0.356 e. The summed E-state index contributed by atoms with van der Waals surface area (Å²) < 4.78 is 6.62. The Morgan fingerprint density at radius 3 is 2.74 bits per heavy atom. The van der Waals surface area contributed by atoms with Crippen LogP contribution in [-0.2, 0) is 11.3 Å². The van der Waals surface area contributed by atoms with E-state index in [0.29, 0.717) is 6.10 Å². The molecule has 1 aromatic rings. The average Bonchev–Trinajstić information content (AvgIpc) is 3.18. The summed E-state index contributed by atoms with van der Waals surface area (Å²) in [6.07, 6.45) is 2.02. The Morgan fingerprint density at radius 2 is 1.96 bits per heavy atom. The van der Waals surface area contributed by atoms with E-state index in [9.17, 15) is 10.1 Å². The molecular formula is C18H18N2O3. The Hall–Kier alpha value is -1.46. The molecule has 5 heteroatoms. The number of rotatable bonds is 4. The topological polar surface area (TPSA) is 64.4 Å². The molecular weight excluding hydrogens is 292 g/mol. The zero-order chi connectivity index (χ0) is 15.1. The van der Waals surface area contributed by atoms with Crippen LogP contribution in [0.1, 0.15) is 12.0 Å². The Morgan fingerprint density at radius 1 is 1.13 bits per heavy atom. The van der Waals surface area contributed by atoms with Gasteiger partial charge < -0.3 is 4.74 Å². The third-order valence-corrected chi connectivity index (χ3v) is 8.42. The molecule has 0 amide bonds. The quantitative estimate of drug-likeness (QED) is 0.684.